The predicted octanol–water partition coefficient (Wildman–Crippen LogP) is 3.44. The number of fused-ring (bicyclic) bond motifs is 1. The number of halogens is 3. The lowest BCUT2D eigenvalue weighted by Gasteiger charge is -2.31. The summed E-state index contributed by atoms with van der Waals surface area (Å²) in [5.41, 5.74) is 0.664. The molecule has 0 bridgehead atoms. The van der Waals surface area contributed by atoms with E-state index in [0.717, 1.165) is 6.07 Å². The first-order valence-electron chi connectivity index (χ1n) is 8.80. The first-order valence-corrected chi connectivity index (χ1v) is 8.80. The van der Waals surface area contributed by atoms with Gasteiger partial charge in [0.25, 0.3) is 0 Å². The molecule has 2 aliphatic heterocycles. The molecular weight excluding hydrogens is 357 g/mol. The number of anilines is 2. The molecule has 0 spiro atoms. The number of para-hydroxylation sites is 1. The Morgan fingerprint density at radius 3 is 2.63 bits per heavy atom. The van der Waals surface area contributed by atoms with Crippen LogP contribution in [0.5, 0.6) is 0 Å². The third-order valence-electron chi connectivity index (χ3n) is 5.09. The second-order valence-electron chi connectivity index (χ2n) is 6.85. The van der Waals surface area contributed by atoms with Gasteiger partial charge in [-0.3, -0.25) is 9.59 Å². The second kappa shape index (κ2) is 6.72. The van der Waals surface area contributed by atoms with Gasteiger partial charge in [-0.2, -0.15) is 0 Å². The molecular formula is C20H17F3N2O2. The molecule has 2 aromatic rings. The minimum Gasteiger partial charge on any atom is -0.309 e. The summed E-state index contributed by atoms with van der Waals surface area (Å²) in [4.78, 5) is 27.9. The summed E-state index contributed by atoms with van der Waals surface area (Å²) in [6.07, 6.45) is 1.000. The lowest BCUT2D eigenvalue weighted by atomic mass is 9.98. The van der Waals surface area contributed by atoms with E-state index in [1.54, 1.807) is 6.07 Å². The molecule has 2 amide bonds. The van der Waals surface area contributed by atoms with E-state index >= 15 is 0 Å². The molecule has 4 nitrogen and oxygen atoms in total. The van der Waals surface area contributed by atoms with Crippen molar-refractivity contribution in [1.82, 2.24) is 0 Å². The minimum absolute atomic E-state index is 0.0350. The van der Waals surface area contributed by atoms with Gasteiger partial charge in [-0.25, -0.2) is 13.2 Å². The Balaban J connectivity index is 1.61. The van der Waals surface area contributed by atoms with Crippen LogP contribution < -0.4 is 9.80 Å². The normalized spacial score (nSPS) is 19.4. The van der Waals surface area contributed by atoms with Gasteiger partial charge in [0.15, 0.2) is 0 Å². The van der Waals surface area contributed by atoms with Crippen molar-refractivity contribution in [3.63, 3.8) is 0 Å². The standard InChI is InChI=1S/C20H17F3N2O2/c21-14-8-12-4-3-7-24(19(12)16(23)10-14)20(27)13-9-18(26)25(11-13)17-6-2-1-5-15(17)22/h1-2,5-6,8,10,13H,3-4,7,9,11H2. The molecule has 140 valence electrons. The highest BCUT2D eigenvalue weighted by atomic mass is 19.1. The van der Waals surface area contributed by atoms with E-state index < -0.39 is 29.3 Å². The molecule has 0 radical (unpaired) electrons. The highest BCUT2D eigenvalue weighted by Gasteiger charge is 2.40. The monoisotopic (exact) mass is 374 g/mol. The Labute approximate surface area is 154 Å². The Morgan fingerprint density at radius 1 is 1.07 bits per heavy atom. The van der Waals surface area contributed by atoms with Crippen molar-refractivity contribution in [2.45, 2.75) is 19.3 Å². The summed E-state index contributed by atoms with van der Waals surface area (Å²) in [6, 6.07) is 7.88. The van der Waals surface area contributed by atoms with E-state index in [9.17, 15) is 22.8 Å². The van der Waals surface area contributed by atoms with Crippen LogP contribution in [0.1, 0.15) is 18.4 Å². The van der Waals surface area contributed by atoms with Gasteiger partial charge in [-0.05, 0) is 36.6 Å². The van der Waals surface area contributed by atoms with Gasteiger partial charge in [-0.1, -0.05) is 12.1 Å². The fraction of sp³-hybridized carbons (Fsp3) is 0.300. The van der Waals surface area contributed by atoms with Gasteiger partial charge in [0, 0.05) is 25.6 Å². The SMILES string of the molecule is O=C1CC(C(=O)N2CCCc3cc(F)cc(F)c32)CN1c1ccccc1F. The number of hydrogen-bond acceptors (Lipinski definition) is 2. The van der Waals surface area contributed by atoms with Crippen LogP contribution in [0.15, 0.2) is 36.4 Å². The molecule has 2 aromatic carbocycles. The van der Waals surface area contributed by atoms with Crippen LogP contribution in [-0.4, -0.2) is 24.9 Å². The molecule has 0 aliphatic carbocycles. The largest absolute Gasteiger partial charge is 0.309 e. The van der Waals surface area contributed by atoms with Crippen molar-refractivity contribution < 1.29 is 22.8 Å². The molecule has 4 rings (SSSR count). The zero-order chi connectivity index (χ0) is 19.1. The van der Waals surface area contributed by atoms with Crippen LogP contribution in [0.4, 0.5) is 24.5 Å². The van der Waals surface area contributed by atoms with Crippen molar-refractivity contribution in [1.29, 1.82) is 0 Å². The quantitative estimate of drug-likeness (QED) is 0.808. The van der Waals surface area contributed by atoms with Gasteiger partial charge >= 0.3 is 0 Å². The molecule has 0 aromatic heterocycles. The van der Waals surface area contributed by atoms with E-state index in [1.807, 2.05) is 0 Å². The summed E-state index contributed by atoms with van der Waals surface area (Å²) in [5, 5.41) is 0. The summed E-state index contributed by atoms with van der Waals surface area (Å²) in [7, 11) is 0. The fourth-order valence-corrected chi connectivity index (χ4v) is 3.87. The first-order chi connectivity index (χ1) is 13.0. The van der Waals surface area contributed by atoms with E-state index in [2.05, 4.69) is 0 Å². The summed E-state index contributed by atoms with van der Waals surface area (Å²) in [6.45, 7) is 0.339. The zero-order valence-corrected chi connectivity index (χ0v) is 14.4. The van der Waals surface area contributed by atoms with E-state index in [-0.39, 0.29) is 30.2 Å². The highest BCUT2D eigenvalue weighted by molar-refractivity contribution is 6.05. The molecule has 2 heterocycles. The van der Waals surface area contributed by atoms with Crippen molar-refractivity contribution >= 4 is 23.2 Å². The topological polar surface area (TPSA) is 40.6 Å². The van der Waals surface area contributed by atoms with Crippen LogP contribution in [0.2, 0.25) is 0 Å². The number of nitrogens with zero attached hydrogens (tertiary/aromatic N) is 2. The van der Waals surface area contributed by atoms with Gasteiger partial charge in [0.1, 0.15) is 17.5 Å². The fourth-order valence-electron chi connectivity index (χ4n) is 3.87. The molecule has 7 heteroatoms. The van der Waals surface area contributed by atoms with Crippen molar-refractivity contribution in [2.24, 2.45) is 5.92 Å². The van der Waals surface area contributed by atoms with E-state index in [1.165, 1.54) is 34.1 Å². The van der Waals surface area contributed by atoms with Crippen LogP contribution in [0.25, 0.3) is 0 Å². The molecule has 27 heavy (non-hydrogen) atoms. The third-order valence-corrected chi connectivity index (χ3v) is 5.09. The van der Waals surface area contributed by atoms with Crippen molar-refractivity contribution in [2.75, 3.05) is 22.9 Å². The summed E-state index contributed by atoms with van der Waals surface area (Å²) >= 11 is 0. The van der Waals surface area contributed by atoms with Crippen LogP contribution >= 0.6 is 0 Å². The molecule has 1 unspecified atom stereocenters. The highest BCUT2D eigenvalue weighted by Crippen LogP contribution is 2.34. The number of hydrogen-bond donors (Lipinski definition) is 0. The number of benzene rings is 2. The predicted molar refractivity (Wildman–Crippen MR) is 93.9 cm³/mol. The molecule has 1 fully saturated rings. The van der Waals surface area contributed by atoms with Crippen LogP contribution in [0.3, 0.4) is 0 Å². The number of aryl methyl sites for hydroxylation is 1. The second-order valence-corrected chi connectivity index (χ2v) is 6.85. The third kappa shape index (κ3) is 3.07. The summed E-state index contributed by atoms with van der Waals surface area (Å²) < 4.78 is 41.8. The van der Waals surface area contributed by atoms with Crippen molar-refractivity contribution in [3.8, 4) is 0 Å². The van der Waals surface area contributed by atoms with Gasteiger partial charge in [-0.15, -0.1) is 0 Å². The first kappa shape index (κ1) is 17.6. The molecule has 0 saturated carbocycles. The summed E-state index contributed by atoms with van der Waals surface area (Å²) in [5.74, 6) is -3.45. The maximum absolute atomic E-state index is 14.3. The smallest absolute Gasteiger partial charge is 0.232 e. The Hall–Kier alpha value is -2.83. The Kier molecular flexibility index (Phi) is 4.37. The van der Waals surface area contributed by atoms with E-state index in [4.69, 9.17) is 0 Å². The number of amides is 2. The zero-order valence-electron chi connectivity index (χ0n) is 14.4. The minimum atomic E-state index is -0.784. The van der Waals surface area contributed by atoms with Gasteiger partial charge in [0.2, 0.25) is 11.8 Å². The van der Waals surface area contributed by atoms with E-state index in [0.29, 0.717) is 24.9 Å². The van der Waals surface area contributed by atoms with Gasteiger partial charge < -0.3 is 9.80 Å². The molecule has 0 N–H and O–H groups in total. The average Bonchev–Trinajstić information content (AvgIpc) is 3.02. The van der Waals surface area contributed by atoms with Crippen molar-refractivity contribution in [3.05, 3.63) is 59.4 Å². The Morgan fingerprint density at radius 2 is 1.85 bits per heavy atom. The maximum atomic E-state index is 14.3. The lowest BCUT2D eigenvalue weighted by molar-refractivity contribution is -0.124. The number of rotatable bonds is 2. The molecule has 1 atom stereocenters. The van der Waals surface area contributed by atoms with Crippen LogP contribution in [0, 0.1) is 23.4 Å². The van der Waals surface area contributed by atoms with Gasteiger partial charge in [0.05, 0.1) is 17.3 Å². The lowest BCUT2D eigenvalue weighted by Crippen LogP contribution is -2.41. The van der Waals surface area contributed by atoms with Crippen LogP contribution in [-0.2, 0) is 16.0 Å². The molecule has 1 saturated heterocycles. The number of carbonyl (C=O) groups is 2. The molecule has 2 aliphatic rings. The number of carbonyl (C=O) groups excluding carboxylic acids is 2. The maximum Gasteiger partial charge on any atom is 0.232 e. The average molecular weight is 374 g/mol. The Bertz CT molecular complexity index is 931.